The lowest BCUT2D eigenvalue weighted by molar-refractivity contribution is -0.116. The van der Waals surface area contributed by atoms with Gasteiger partial charge in [-0.15, -0.1) is 0 Å². The minimum absolute atomic E-state index is 0.00593. The number of amides is 1. The first kappa shape index (κ1) is 10.3. The highest BCUT2D eigenvalue weighted by atomic mass is 16.1. The Morgan fingerprint density at radius 1 is 1.53 bits per heavy atom. The molecule has 1 amide bonds. The normalized spacial score (nSPS) is 18.8. The lowest BCUT2D eigenvalue weighted by atomic mass is 10.2. The number of hydrogen-bond donors (Lipinski definition) is 1. The molecule has 0 spiro atoms. The van der Waals surface area contributed by atoms with Crippen LogP contribution in [-0.4, -0.2) is 15.7 Å². The summed E-state index contributed by atoms with van der Waals surface area (Å²) in [6.45, 7) is 0. The van der Waals surface area contributed by atoms with Crippen molar-refractivity contribution in [1.82, 2.24) is 9.78 Å². The molecule has 0 aromatic carbocycles. The molecule has 1 aromatic rings. The van der Waals surface area contributed by atoms with Crippen LogP contribution in [0.15, 0.2) is 6.20 Å². The summed E-state index contributed by atoms with van der Waals surface area (Å²) in [6, 6.07) is 2.44. The Balaban J connectivity index is 1.77. The standard InChI is InChI=1S/C12H14N4O/c13-6-9-7-14-16(10-3-4-10)12(9)15-11(17)5-8-1-2-8/h7-8,10H,1-5H2,(H,15,17). The van der Waals surface area contributed by atoms with Gasteiger partial charge >= 0.3 is 0 Å². The van der Waals surface area contributed by atoms with Gasteiger partial charge in [0, 0.05) is 6.42 Å². The second-order valence-electron chi connectivity index (χ2n) is 4.89. The Morgan fingerprint density at radius 3 is 2.88 bits per heavy atom. The molecule has 5 heteroatoms. The molecule has 0 unspecified atom stereocenters. The van der Waals surface area contributed by atoms with Crippen molar-refractivity contribution >= 4 is 11.7 Å². The van der Waals surface area contributed by atoms with Crippen LogP contribution in [-0.2, 0) is 4.79 Å². The van der Waals surface area contributed by atoms with Crippen molar-refractivity contribution in [3.8, 4) is 6.07 Å². The van der Waals surface area contributed by atoms with Crippen molar-refractivity contribution in [3.05, 3.63) is 11.8 Å². The number of anilines is 1. The third-order valence-electron chi connectivity index (χ3n) is 3.24. The number of rotatable bonds is 4. The molecular weight excluding hydrogens is 216 g/mol. The van der Waals surface area contributed by atoms with E-state index in [0.717, 1.165) is 25.7 Å². The Kier molecular flexibility index (Phi) is 2.36. The Bertz CT molecular complexity index is 491. The molecule has 0 bridgehead atoms. The van der Waals surface area contributed by atoms with E-state index in [1.807, 2.05) is 0 Å². The van der Waals surface area contributed by atoms with Crippen LogP contribution in [0.3, 0.4) is 0 Å². The summed E-state index contributed by atoms with van der Waals surface area (Å²) in [6.07, 6.45) is 6.57. The second kappa shape index (κ2) is 3.88. The van der Waals surface area contributed by atoms with Crippen molar-refractivity contribution in [1.29, 1.82) is 5.26 Å². The maximum atomic E-state index is 11.8. The van der Waals surface area contributed by atoms with E-state index in [9.17, 15) is 4.79 Å². The van der Waals surface area contributed by atoms with Gasteiger partial charge in [0.2, 0.25) is 5.91 Å². The molecule has 0 atom stereocenters. The molecule has 0 saturated heterocycles. The van der Waals surface area contributed by atoms with E-state index in [1.165, 1.54) is 6.20 Å². The average molecular weight is 230 g/mol. The zero-order valence-corrected chi connectivity index (χ0v) is 9.52. The molecule has 3 rings (SSSR count). The zero-order chi connectivity index (χ0) is 11.8. The van der Waals surface area contributed by atoms with Crippen LogP contribution >= 0.6 is 0 Å². The number of nitrogens with one attached hydrogen (secondary N) is 1. The largest absolute Gasteiger partial charge is 0.310 e. The van der Waals surface area contributed by atoms with Gasteiger partial charge in [-0.2, -0.15) is 10.4 Å². The number of hydrogen-bond acceptors (Lipinski definition) is 3. The molecule has 17 heavy (non-hydrogen) atoms. The topological polar surface area (TPSA) is 70.7 Å². The van der Waals surface area contributed by atoms with Crippen LogP contribution in [0.5, 0.6) is 0 Å². The van der Waals surface area contributed by atoms with Crippen molar-refractivity contribution in [2.45, 2.75) is 38.1 Å². The van der Waals surface area contributed by atoms with Crippen LogP contribution in [0.1, 0.15) is 43.7 Å². The van der Waals surface area contributed by atoms with Crippen molar-refractivity contribution < 1.29 is 4.79 Å². The zero-order valence-electron chi connectivity index (χ0n) is 9.52. The third-order valence-corrected chi connectivity index (χ3v) is 3.24. The van der Waals surface area contributed by atoms with Gasteiger partial charge in [0.05, 0.1) is 12.2 Å². The average Bonchev–Trinajstić information content (AvgIpc) is 3.20. The molecule has 0 aliphatic heterocycles. The number of carbonyl (C=O) groups excluding carboxylic acids is 1. The van der Waals surface area contributed by atoms with Gasteiger partial charge in [-0.25, -0.2) is 4.68 Å². The fourth-order valence-corrected chi connectivity index (χ4v) is 1.93. The Hall–Kier alpha value is -1.83. The van der Waals surface area contributed by atoms with E-state index in [0.29, 0.717) is 29.8 Å². The number of nitrogens with zero attached hydrogens (tertiary/aromatic N) is 3. The number of nitriles is 1. The van der Waals surface area contributed by atoms with Gasteiger partial charge < -0.3 is 5.32 Å². The van der Waals surface area contributed by atoms with E-state index < -0.39 is 0 Å². The highest BCUT2D eigenvalue weighted by Crippen LogP contribution is 2.38. The molecule has 2 aliphatic carbocycles. The van der Waals surface area contributed by atoms with Crippen LogP contribution in [0, 0.1) is 17.2 Å². The maximum Gasteiger partial charge on any atom is 0.225 e. The van der Waals surface area contributed by atoms with Crippen LogP contribution in [0.2, 0.25) is 0 Å². The van der Waals surface area contributed by atoms with Crippen LogP contribution in [0.4, 0.5) is 5.82 Å². The van der Waals surface area contributed by atoms with Gasteiger partial charge in [-0.1, -0.05) is 0 Å². The second-order valence-corrected chi connectivity index (χ2v) is 4.89. The maximum absolute atomic E-state index is 11.8. The van der Waals surface area contributed by atoms with E-state index in [-0.39, 0.29) is 5.91 Å². The lowest BCUT2D eigenvalue weighted by Gasteiger charge is -2.08. The fourth-order valence-electron chi connectivity index (χ4n) is 1.93. The molecule has 1 heterocycles. The van der Waals surface area contributed by atoms with Gasteiger partial charge in [0.1, 0.15) is 17.5 Å². The van der Waals surface area contributed by atoms with Gasteiger partial charge in [-0.3, -0.25) is 4.79 Å². The van der Waals surface area contributed by atoms with Crippen molar-refractivity contribution in [3.63, 3.8) is 0 Å². The van der Waals surface area contributed by atoms with E-state index in [2.05, 4.69) is 16.5 Å². The molecule has 2 aliphatic rings. The van der Waals surface area contributed by atoms with E-state index in [4.69, 9.17) is 5.26 Å². The summed E-state index contributed by atoms with van der Waals surface area (Å²) in [5, 5.41) is 16.0. The van der Waals surface area contributed by atoms with Gasteiger partial charge in [0.25, 0.3) is 0 Å². The van der Waals surface area contributed by atoms with Gasteiger partial charge in [-0.05, 0) is 31.6 Å². The monoisotopic (exact) mass is 230 g/mol. The molecule has 88 valence electrons. The third kappa shape index (κ3) is 2.16. The van der Waals surface area contributed by atoms with Crippen LogP contribution < -0.4 is 5.32 Å². The lowest BCUT2D eigenvalue weighted by Crippen LogP contribution is -2.16. The minimum Gasteiger partial charge on any atom is -0.310 e. The number of carbonyl (C=O) groups is 1. The first-order chi connectivity index (χ1) is 8.28. The van der Waals surface area contributed by atoms with Crippen LogP contribution in [0.25, 0.3) is 0 Å². The summed E-state index contributed by atoms with van der Waals surface area (Å²) in [5.74, 6) is 1.14. The smallest absolute Gasteiger partial charge is 0.225 e. The van der Waals surface area contributed by atoms with Crippen molar-refractivity contribution in [2.24, 2.45) is 5.92 Å². The summed E-state index contributed by atoms with van der Waals surface area (Å²) in [4.78, 5) is 11.8. The predicted octanol–water partition coefficient (Wildman–Crippen LogP) is 1.83. The first-order valence-electron chi connectivity index (χ1n) is 6.05. The highest BCUT2D eigenvalue weighted by molar-refractivity contribution is 5.91. The molecule has 1 aromatic heterocycles. The Morgan fingerprint density at radius 2 is 2.29 bits per heavy atom. The molecule has 1 N–H and O–H groups in total. The summed E-state index contributed by atoms with van der Waals surface area (Å²) in [7, 11) is 0. The van der Waals surface area contributed by atoms with E-state index in [1.54, 1.807) is 4.68 Å². The molecular formula is C12H14N4O. The molecule has 2 fully saturated rings. The molecule has 2 saturated carbocycles. The van der Waals surface area contributed by atoms with Crippen molar-refractivity contribution in [2.75, 3.05) is 5.32 Å². The molecule has 5 nitrogen and oxygen atoms in total. The molecule has 0 radical (unpaired) electrons. The predicted molar refractivity (Wildman–Crippen MR) is 61.2 cm³/mol. The number of aromatic nitrogens is 2. The Labute approximate surface area is 99.4 Å². The quantitative estimate of drug-likeness (QED) is 0.857. The summed E-state index contributed by atoms with van der Waals surface area (Å²) < 4.78 is 1.78. The highest BCUT2D eigenvalue weighted by Gasteiger charge is 2.30. The summed E-state index contributed by atoms with van der Waals surface area (Å²) in [5.41, 5.74) is 0.459. The SMILES string of the molecule is N#Cc1cnn(C2CC2)c1NC(=O)CC1CC1. The fraction of sp³-hybridized carbons (Fsp3) is 0.583. The van der Waals surface area contributed by atoms with Gasteiger partial charge in [0.15, 0.2) is 0 Å². The first-order valence-corrected chi connectivity index (χ1v) is 6.05. The summed E-state index contributed by atoms with van der Waals surface area (Å²) >= 11 is 0. The van der Waals surface area contributed by atoms with E-state index >= 15 is 0 Å². The minimum atomic E-state index is 0.00593.